The van der Waals surface area contributed by atoms with E-state index in [9.17, 15) is 19.2 Å². The molecule has 0 aromatic heterocycles. The van der Waals surface area contributed by atoms with Crippen molar-refractivity contribution in [2.45, 2.75) is 44.2 Å². The molecule has 0 aliphatic carbocycles. The number of carbonyl (C=O) groups is 4. The van der Waals surface area contributed by atoms with Crippen LogP contribution in [0.25, 0.3) is 0 Å². The van der Waals surface area contributed by atoms with E-state index in [0.29, 0.717) is 29.2 Å². The summed E-state index contributed by atoms with van der Waals surface area (Å²) in [5, 5.41) is 15.4. The van der Waals surface area contributed by atoms with E-state index < -0.39 is 35.3 Å². The predicted molar refractivity (Wildman–Crippen MR) is 104 cm³/mol. The Balaban J connectivity index is 1.81. The van der Waals surface area contributed by atoms with E-state index in [-0.39, 0.29) is 24.7 Å². The molecule has 2 fully saturated rings. The molecule has 8 nitrogen and oxygen atoms in total. The molecule has 0 radical (unpaired) electrons. The monoisotopic (exact) mass is 419 g/mol. The highest BCUT2D eigenvalue weighted by Crippen LogP contribution is 2.54. The van der Waals surface area contributed by atoms with Gasteiger partial charge in [-0.3, -0.25) is 29.4 Å². The number of hydrogen-bond donors (Lipinski definition) is 3. The van der Waals surface area contributed by atoms with Crippen LogP contribution in [0.5, 0.6) is 0 Å². The highest BCUT2D eigenvalue weighted by Gasteiger charge is 2.70. The lowest BCUT2D eigenvalue weighted by Crippen LogP contribution is -2.53. The Morgan fingerprint density at radius 2 is 2.03 bits per heavy atom. The molecule has 9 heteroatoms. The fourth-order valence-electron chi connectivity index (χ4n) is 4.92. The molecule has 4 rings (SSSR count). The van der Waals surface area contributed by atoms with Crippen molar-refractivity contribution in [2.75, 3.05) is 11.9 Å². The number of aliphatic carboxylic acids is 1. The zero-order valence-electron chi connectivity index (χ0n) is 15.9. The number of fused-ring (bicyclic) bond motifs is 4. The van der Waals surface area contributed by atoms with Crippen molar-refractivity contribution in [2.24, 2.45) is 11.8 Å². The Hall–Kier alpha value is -2.45. The second-order valence-electron chi connectivity index (χ2n) is 7.79. The lowest BCUT2D eigenvalue weighted by molar-refractivity contribution is -0.143. The lowest BCUT2D eigenvalue weighted by Gasteiger charge is -2.29. The first-order chi connectivity index (χ1) is 13.8. The van der Waals surface area contributed by atoms with Crippen LogP contribution < -0.4 is 10.6 Å². The van der Waals surface area contributed by atoms with Crippen LogP contribution in [0.4, 0.5) is 5.69 Å². The zero-order chi connectivity index (χ0) is 20.9. The van der Waals surface area contributed by atoms with Gasteiger partial charge < -0.3 is 10.4 Å². The van der Waals surface area contributed by atoms with Gasteiger partial charge in [0.05, 0.1) is 22.5 Å². The molecule has 154 valence electrons. The van der Waals surface area contributed by atoms with E-state index in [1.165, 1.54) is 4.90 Å². The van der Waals surface area contributed by atoms with Crippen LogP contribution in [0.3, 0.4) is 0 Å². The minimum absolute atomic E-state index is 0.141. The molecule has 0 unspecified atom stereocenters. The molecule has 0 saturated carbocycles. The van der Waals surface area contributed by atoms with Gasteiger partial charge in [-0.15, -0.1) is 0 Å². The third-order valence-corrected chi connectivity index (χ3v) is 6.51. The topological polar surface area (TPSA) is 116 Å². The fourth-order valence-corrected chi connectivity index (χ4v) is 5.14. The number of hydrogen-bond acceptors (Lipinski definition) is 5. The highest BCUT2D eigenvalue weighted by molar-refractivity contribution is 6.35. The minimum Gasteiger partial charge on any atom is -0.481 e. The average molecular weight is 420 g/mol. The summed E-state index contributed by atoms with van der Waals surface area (Å²) < 4.78 is 0. The molecule has 2 saturated heterocycles. The third-order valence-electron chi connectivity index (χ3n) is 6.20. The van der Waals surface area contributed by atoms with Crippen LogP contribution in [-0.2, 0) is 24.7 Å². The molecular formula is C20H22ClN3O5. The quantitative estimate of drug-likeness (QED) is 0.605. The van der Waals surface area contributed by atoms with Gasteiger partial charge in [0, 0.05) is 24.6 Å². The van der Waals surface area contributed by atoms with Crippen LogP contribution in [0, 0.1) is 11.8 Å². The molecule has 3 amide bonds. The molecule has 1 aromatic rings. The summed E-state index contributed by atoms with van der Waals surface area (Å²) in [6.07, 6.45) is 1.46. The van der Waals surface area contributed by atoms with Crippen molar-refractivity contribution < 1.29 is 24.3 Å². The number of carboxylic acids is 1. The largest absolute Gasteiger partial charge is 0.481 e. The zero-order valence-corrected chi connectivity index (χ0v) is 16.7. The maximum Gasteiger partial charge on any atom is 0.303 e. The summed E-state index contributed by atoms with van der Waals surface area (Å²) in [7, 11) is 0. The fraction of sp³-hybridized carbons (Fsp3) is 0.500. The number of carbonyl (C=O) groups excluding carboxylic acids is 3. The Morgan fingerprint density at radius 1 is 1.28 bits per heavy atom. The van der Waals surface area contributed by atoms with Gasteiger partial charge >= 0.3 is 5.97 Å². The summed E-state index contributed by atoms with van der Waals surface area (Å²) in [5.41, 5.74) is -0.472. The maximum absolute atomic E-state index is 13.3. The third kappa shape index (κ3) is 2.77. The van der Waals surface area contributed by atoms with E-state index in [2.05, 4.69) is 10.6 Å². The number of carboxylic acid groups (broad SMARTS) is 1. The molecule has 1 aromatic carbocycles. The molecule has 3 aliphatic heterocycles. The van der Waals surface area contributed by atoms with Crippen LogP contribution >= 0.6 is 11.6 Å². The van der Waals surface area contributed by atoms with Crippen LogP contribution in [0.15, 0.2) is 18.2 Å². The first kappa shape index (κ1) is 19.8. The Labute approximate surface area is 172 Å². The standard InChI is InChI=1S/C20H22ClN3O5/c1-2-3-9-24-17(27)14-12(7-8-13(25)26)23-20(15(14)18(24)28)10-5-4-6-11(21)16(10)22-19(20)29/h4-6,12,14-15,23H,2-3,7-9H2,1H3,(H,22,29)(H,25,26)/t12-,14-,15-,20+/m0/s1. The maximum atomic E-state index is 13.3. The van der Waals surface area contributed by atoms with Crippen molar-refractivity contribution in [1.29, 1.82) is 0 Å². The Morgan fingerprint density at radius 3 is 2.72 bits per heavy atom. The number of amides is 3. The number of para-hydroxylation sites is 1. The number of nitrogens with zero attached hydrogens (tertiary/aromatic N) is 1. The van der Waals surface area contributed by atoms with Gasteiger partial charge in [-0.1, -0.05) is 37.1 Å². The Bertz CT molecular complexity index is 919. The van der Waals surface area contributed by atoms with Gasteiger partial charge in [-0.25, -0.2) is 0 Å². The van der Waals surface area contributed by atoms with Gasteiger partial charge in [-0.2, -0.15) is 0 Å². The molecule has 29 heavy (non-hydrogen) atoms. The molecule has 3 N–H and O–H groups in total. The van der Waals surface area contributed by atoms with Crippen molar-refractivity contribution >= 4 is 41.0 Å². The number of halogens is 1. The van der Waals surface area contributed by atoms with Crippen LogP contribution in [0.2, 0.25) is 5.02 Å². The second kappa shape index (κ2) is 7.11. The molecular weight excluding hydrogens is 398 g/mol. The SMILES string of the molecule is CCCCN1C(=O)[C@H]2[C@H](CCC(=O)O)N[C@@]3(C(=O)Nc4c(Cl)cccc43)[C@@H]2C1=O. The summed E-state index contributed by atoms with van der Waals surface area (Å²) in [4.78, 5) is 52.0. The Kier molecular flexibility index (Phi) is 4.86. The summed E-state index contributed by atoms with van der Waals surface area (Å²) in [6.45, 7) is 2.26. The van der Waals surface area contributed by atoms with Gasteiger partial charge in [0.2, 0.25) is 17.7 Å². The predicted octanol–water partition coefficient (Wildman–Crippen LogP) is 1.73. The van der Waals surface area contributed by atoms with E-state index in [0.717, 1.165) is 6.42 Å². The summed E-state index contributed by atoms with van der Waals surface area (Å²) in [5.74, 6) is -3.87. The number of likely N-dealkylation sites (tertiary alicyclic amines) is 1. The second-order valence-corrected chi connectivity index (χ2v) is 8.20. The first-order valence-electron chi connectivity index (χ1n) is 9.78. The van der Waals surface area contributed by atoms with Crippen molar-refractivity contribution in [1.82, 2.24) is 10.2 Å². The van der Waals surface area contributed by atoms with Gasteiger partial charge in [-0.05, 0) is 18.9 Å². The molecule has 3 aliphatic rings. The summed E-state index contributed by atoms with van der Waals surface area (Å²) >= 11 is 6.26. The summed E-state index contributed by atoms with van der Waals surface area (Å²) in [6, 6.07) is 4.45. The van der Waals surface area contributed by atoms with E-state index in [1.54, 1.807) is 18.2 Å². The number of nitrogens with one attached hydrogen (secondary N) is 2. The normalized spacial score (nSPS) is 30.1. The number of imide groups is 1. The highest BCUT2D eigenvalue weighted by atomic mass is 35.5. The van der Waals surface area contributed by atoms with Gasteiger partial charge in [0.25, 0.3) is 0 Å². The number of benzene rings is 1. The minimum atomic E-state index is -1.43. The molecule has 1 spiro atoms. The average Bonchev–Trinajstić information content (AvgIpc) is 3.25. The number of rotatable bonds is 6. The van der Waals surface area contributed by atoms with Gasteiger partial charge in [0.1, 0.15) is 5.54 Å². The lowest BCUT2D eigenvalue weighted by atomic mass is 9.76. The van der Waals surface area contributed by atoms with Gasteiger partial charge in [0.15, 0.2) is 0 Å². The van der Waals surface area contributed by atoms with Crippen molar-refractivity contribution in [3.8, 4) is 0 Å². The van der Waals surface area contributed by atoms with Crippen LogP contribution in [0.1, 0.15) is 38.2 Å². The number of anilines is 1. The van der Waals surface area contributed by atoms with E-state index in [4.69, 9.17) is 16.7 Å². The molecule has 3 heterocycles. The van der Waals surface area contributed by atoms with E-state index >= 15 is 0 Å². The van der Waals surface area contributed by atoms with Crippen LogP contribution in [-0.4, -0.2) is 46.3 Å². The molecule has 4 atom stereocenters. The number of unbranched alkanes of at least 4 members (excludes halogenated alkanes) is 1. The van der Waals surface area contributed by atoms with Crippen molar-refractivity contribution in [3.05, 3.63) is 28.8 Å². The smallest absolute Gasteiger partial charge is 0.303 e. The van der Waals surface area contributed by atoms with Crippen molar-refractivity contribution in [3.63, 3.8) is 0 Å². The van der Waals surface area contributed by atoms with E-state index in [1.807, 2.05) is 6.92 Å². The first-order valence-corrected chi connectivity index (χ1v) is 10.2. The molecule has 0 bridgehead atoms.